The maximum absolute atomic E-state index is 10.6. The first-order valence-corrected chi connectivity index (χ1v) is 7.35. The normalized spacial score (nSPS) is 13.6. The van der Waals surface area contributed by atoms with E-state index in [1.54, 1.807) is 0 Å². The molecule has 0 saturated heterocycles. The molecule has 0 heterocycles. The van der Waals surface area contributed by atoms with E-state index in [2.05, 4.69) is 39.8 Å². The first-order valence-electron chi connectivity index (χ1n) is 7.35. The van der Waals surface area contributed by atoms with Crippen molar-refractivity contribution in [2.24, 2.45) is 0 Å². The molecule has 1 radical (unpaired) electrons. The van der Waals surface area contributed by atoms with Crippen molar-refractivity contribution in [1.82, 2.24) is 0 Å². The zero-order valence-corrected chi connectivity index (χ0v) is 13.5. The van der Waals surface area contributed by atoms with E-state index in [0.29, 0.717) is 6.61 Å². The summed E-state index contributed by atoms with van der Waals surface area (Å²) in [5.74, 6) is -0.226. The van der Waals surface area contributed by atoms with E-state index in [-0.39, 0.29) is 5.97 Å². The van der Waals surface area contributed by atoms with Gasteiger partial charge in [-0.25, -0.2) is 0 Å². The number of hydrogen-bond donors (Lipinski definition) is 0. The van der Waals surface area contributed by atoms with Crippen molar-refractivity contribution < 1.29 is 9.53 Å². The summed E-state index contributed by atoms with van der Waals surface area (Å²) in [5.41, 5.74) is 4.07. The van der Waals surface area contributed by atoms with Gasteiger partial charge in [0.05, 0.1) is 0 Å². The predicted octanol–water partition coefficient (Wildman–Crippen LogP) is 5.17. The average Bonchev–Trinajstić information content (AvgIpc) is 2.38. The van der Waals surface area contributed by atoms with Gasteiger partial charge in [-0.1, -0.05) is 28.9 Å². The molecule has 0 aromatic carbocycles. The molecule has 2 heteroatoms. The predicted molar refractivity (Wildman–Crippen MR) is 86.3 cm³/mol. The zero-order valence-electron chi connectivity index (χ0n) is 13.5. The molecule has 0 fully saturated rings. The van der Waals surface area contributed by atoms with Crippen molar-refractivity contribution in [1.29, 1.82) is 0 Å². The molecule has 0 aliphatic rings. The fourth-order valence-electron chi connectivity index (χ4n) is 1.70. The second-order valence-corrected chi connectivity index (χ2v) is 5.28. The van der Waals surface area contributed by atoms with Crippen LogP contribution >= 0.6 is 0 Å². The third-order valence-electron chi connectivity index (χ3n) is 3.18. The van der Waals surface area contributed by atoms with Gasteiger partial charge in [0.25, 0.3) is 0 Å². The summed E-state index contributed by atoms with van der Waals surface area (Å²) in [5, 5.41) is 0. The van der Waals surface area contributed by atoms with Crippen LogP contribution in [0.15, 0.2) is 34.9 Å². The summed E-state index contributed by atoms with van der Waals surface area (Å²) in [6.45, 7) is 12.1. The van der Waals surface area contributed by atoms with Crippen LogP contribution in [0.1, 0.15) is 59.8 Å². The van der Waals surface area contributed by atoms with E-state index < -0.39 is 0 Å². The van der Waals surface area contributed by atoms with Gasteiger partial charge in [0.1, 0.15) is 6.61 Å². The largest absolute Gasteiger partial charge is 0.462 e. The number of ether oxygens (including phenoxy) is 1. The van der Waals surface area contributed by atoms with Crippen LogP contribution in [0.4, 0.5) is 0 Å². The topological polar surface area (TPSA) is 26.3 Å². The molecule has 0 aromatic heterocycles. The van der Waals surface area contributed by atoms with Crippen molar-refractivity contribution >= 4 is 5.97 Å². The third-order valence-corrected chi connectivity index (χ3v) is 3.18. The Bertz CT molecular complexity index is 373. The van der Waals surface area contributed by atoms with Crippen molar-refractivity contribution in [2.45, 2.75) is 59.8 Å². The lowest BCUT2D eigenvalue weighted by Crippen LogP contribution is -1.98. The van der Waals surface area contributed by atoms with Gasteiger partial charge in [-0.15, -0.1) is 0 Å². The second kappa shape index (κ2) is 11.5. The van der Waals surface area contributed by atoms with Crippen LogP contribution in [-0.2, 0) is 9.53 Å². The van der Waals surface area contributed by atoms with Crippen molar-refractivity contribution in [3.05, 3.63) is 41.9 Å². The molecule has 0 aliphatic carbocycles. The monoisotopic (exact) mass is 277 g/mol. The Hall–Kier alpha value is -1.31. The van der Waals surface area contributed by atoms with Gasteiger partial charge in [-0.3, -0.25) is 4.79 Å². The Morgan fingerprint density at radius 2 is 1.40 bits per heavy atom. The van der Waals surface area contributed by atoms with Crippen molar-refractivity contribution in [3.8, 4) is 0 Å². The van der Waals surface area contributed by atoms with Gasteiger partial charge in [0, 0.05) is 6.92 Å². The molecule has 0 saturated carbocycles. The second-order valence-electron chi connectivity index (χ2n) is 5.28. The van der Waals surface area contributed by atoms with Crippen LogP contribution < -0.4 is 0 Å². The minimum absolute atomic E-state index is 0.226. The molecule has 0 aliphatic heterocycles. The van der Waals surface area contributed by atoms with Gasteiger partial charge < -0.3 is 4.74 Å². The minimum Gasteiger partial charge on any atom is -0.462 e. The van der Waals surface area contributed by atoms with Crippen LogP contribution in [0.25, 0.3) is 0 Å². The SMILES string of the molecule is [CH2]CC(C)=CCCC(C)=CCCC(C)=CCOC(C)=O. The molecule has 0 N–H and O–H groups in total. The lowest BCUT2D eigenvalue weighted by molar-refractivity contribution is -0.139. The average molecular weight is 277 g/mol. The lowest BCUT2D eigenvalue weighted by atomic mass is 10.1. The van der Waals surface area contributed by atoms with Crippen LogP contribution in [0.2, 0.25) is 0 Å². The van der Waals surface area contributed by atoms with Crippen molar-refractivity contribution in [3.63, 3.8) is 0 Å². The molecule has 0 rings (SSSR count). The molecule has 0 unspecified atom stereocenters. The van der Waals surface area contributed by atoms with Crippen molar-refractivity contribution in [2.75, 3.05) is 6.61 Å². The molecule has 0 amide bonds. The van der Waals surface area contributed by atoms with Crippen LogP contribution in [0.5, 0.6) is 0 Å². The highest BCUT2D eigenvalue weighted by Gasteiger charge is 1.93. The zero-order chi connectivity index (χ0) is 15.4. The fourth-order valence-corrected chi connectivity index (χ4v) is 1.70. The number of carbonyl (C=O) groups excluding carboxylic acids is 1. The van der Waals surface area contributed by atoms with Gasteiger partial charge in [0.2, 0.25) is 0 Å². The van der Waals surface area contributed by atoms with E-state index in [9.17, 15) is 4.79 Å². The summed E-state index contributed by atoms with van der Waals surface area (Å²) in [6.07, 6.45) is 11.7. The van der Waals surface area contributed by atoms with Crippen LogP contribution in [0.3, 0.4) is 0 Å². The quantitative estimate of drug-likeness (QED) is 0.429. The highest BCUT2D eigenvalue weighted by atomic mass is 16.5. The maximum Gasteiger partial charge on any atom is 0.302 e. The van der Waals surface area contributed by atoms with Gasteiger partial charge in [-0.05, 0) is 65.9 Å². The Morgan fingerprint density at radius 3 is 1.90 bits per heavy atom. The summed E-state index contributed by atoms with van der Waals surface area (Å²) in [6, 6.07) is 0. The molecule has 0 aromatic rings. The van der Waals surface area contributed by atoms with E-state index in [1.807, 2.05) is 6.08 Å². The maximum atomic E-state index is 10.6. The van der Waals surface area contributed by atoms with Crippen LogP contribution in [0, 0.1) is 6.92 Å². The molecule has 0 atom stereocenters. The Labute approximate surface area is 124 Å². The standard InChI is InChI=1S/C18H29O2/c1-6-15(2)9-7-10-16(3)11-8-12-17(4)13-14-20-18(5)19/h9,11,13H,1,6-8,10,12,14H2,2-5H3. The molecule has 20 heavy (non-hydrogen) atoms. The molecule has 0 spiro atoms. The Morgan fingerprint density at radius 1 is 0.900 bits per heavy atom. The van der Waals surface area contributed by atoms with E-state index in [0.717, 1.165) is 32.1 Å². The number of rotatable bonds is 9. The summed E-state index contributed by atoms with van der Waals surface area (Å²) < 4.78 is 4.88. The highest BCUT2D eigenvalue weighted by Crippen LogP contribution is 2.11. The first-order chi connectivity index (χ1) is 9.45. The third kappa shape index (κ3) is 11.8. The molecule has 0 bridgehead atoms. The summed E-state index contributed by atoms with van der Waals surface area (Å²) in [7, 11) is 0. The summed E-state index contributed by atoms with van der Waals surface area (Å²) in [4.78, 5) is 10.6. The van der Waals surface area contributed by atoms with E-state index >= 15 is 0 Å². The Balaban J connectivity index is 3.89. The Kier molecular flexibility index (Phi) is 10.8. The first kappa shape index (κ1) is 18.7. The van der Waals surface area contributed by atoms with E-state index in [4.69, 9.17) is 4.74 Å². The molecular weight excluding hydrogens is 248 g/mol. The summed E-state index contributed by atoms with van der Waals surface area (Å²) >= 11 is 0. The lowest BCUT2D eigenvalue weighted by Gasteiger charge is -2.02. The van der Waals surface area contributed by atoms with Gasteiger partial charge in [0.15, 0.2) is 0 Å². The number of esters is 1. The highest BCUT2D eigenvalue weighted by molar-refractivity contribution is 5.66. The minimum atomic E-state index is -0.226. The smallest absolute Gasteiger partial charge is 0.302 e. The van der Waals surface area contributed by atoms with Gasteiger partial charge >= 0.3 is 5.97 Å². The van der Waals surface area contributed by atoms with E-state index in [1.165, 1.54) is 23.6 Å². The number of allylic oxidation sites excluding steroid dienone is 5. The van der Waals surface area contributed by atoms with Gasteiger partial charge in [-0.2, -0.15) is 0 Å². The number of hydrogen-bond acceptors (Lipinski definition) is 2. The molecule has 113 valence electrons. The molecular formula is C18H29O2. The number of carbonyl (C=O) groups is 1. The molecule has 2 nitrogen and oxygen atoms in total. The van der Waals surface area contributed by atoms with Crippen LogP contribution in [-0.4, -0.2) is 12.6 Å². The fraction of sp³-hybridized carbons (Fsp3) is 0.556.